The zero-order valence-electron chi connectivity index (χ0n) is 17.1. The van der Waals surface area contributed by atoms with Gasteiger partial charge in [0.15, 0.2) is 0 Å². The van der Waals surface area contributed by atoms with Gasteiger partial charge in [-0.1, -0.05) is 67.3 Å². The summed E-state index contributed by atoms with van der Waals surface area (Å²) in [4.78, 5) is 4.28. The number of fused-ring (bicyclic) bond motifs is 1. The average molecular weight is 356 g/mol. The van der Waals surface area contributed by atoms with Crippen LogP contribution in [0.5, 0.6) is 0 Å². The van der Waals surface area contributed by atoms with Crippen molar-refractivity contribution in [3.05, 3.63) is 101 Å². The maximum atomic E-state index is 4.28. The fourth-order valence-electron chi connectivity index (χ4n) is 3.31. The average Bonchev–Trinajstić information content (AvgIpc) is 2.62. The SMILES string of the molecule is C=Cc1c(C)ccc(/C(C)=C\C(=C)C)c1C.Cc1cccc2cccnc12. The lowest BCUT2D eigenvalue weighted by Crippen LogP contribution is -1.93. The second kappa shape index (κ2) is 9.14. The minimum absolute atomic E-state index is 1.08. The van der Waals surface area contributed by atoms with Crippen molar-refractivity contribution in [2.45, 2.75) is 34.6 Å². The summed E-state index contributed by atoms with van der Waals surface area (Å²) in [5.74, 6) is 0. The molecule has 3 aromatic rings. The molecule has 27 heavy (non-hydrogen) atoms. The molecule has 0 saturated carbocycles. The van der Waals surface area contributed by atoms with Crippen LogP contribution in [0.15, 0.2) is 73.5 Å². The van der Waals surface area contributed by atoms with Gasteiger partial charge in [0.25, 0.3) is 0 Å². The first-order valence-corrected chi connectivity index (χ1v) is 9.22. The molecule has 0 spiro atoms. The highest BCUT2D eigenvalue weighted by molar-refractivity contribution is 5.81. The number of pyridine rings is 1. The van der Waals surface area contributed by atoms with Crippen LogP contribution >= 0.6 is 0 Å². The molecule has 0 aliphatic rings. The molecule has 3 rings (SSSR count). The van der Waals surface area contributed by atoms with Crippen molar-refractivity contribution in [1.29, 1.82) is 0 Å². The van der Waals surface area contributed by atoms with Gasteiger partial charge in [0.2, 0.25) is 0 Å². The lowest BCUT2D eigenvalue weighted by molar-refractivity contribution is 1.32. The zero-order valence-corrected chi connectivity index (χ0v) is 17.1. The van der Waals surface area contributed by atoms with Crippen molar-refractivity contribution in [2.75, 3.05) is 0 Å². The largest absolute Gasteiger partial charge is 0.256 e. The van der Waals surface area contributed by atoms with E-state index in [0.717, 1.165) is 11.1 Å². The molecule has 0 radical (unpaired) electrons. The van der Waals surface area contributed by atoms with E-state index in [1.807, 2.05) is 25.3 Å². The molecule has 0 saturated heterocycles. The van der Waals surface area contributed by atoms with E-state index in [2.05, 4.69) is 88.3 Å². The van der Waals surface area contributed by atoms with Crippen molar-refractivity contribution in [2.24, 2.45) is 0 Å². The van der Waals surface area contributed by atoms with Crippen molar-refractivity contribution >= 4 is 22.6 Å². The molecule has 138 valence electrons. The fourth-order valence-corrected chi connectivity index (χ4v) is 3.31. The van der Waals surface area contributed by atoms with Gasteiger partial charge < -0.3 is 0 Å². The summed E-state index contributed by atoms with van der Waals surface area (Å²) >= 11 is 0. The lowest BCUT2D eigenvalue weighted by atomic mass is 9.93. The number of para-hydroxylation sites is 1. The van der Waals surface area contributed by atoms with Crippen molar-refractivity contribution in [1.82, 2.24) is 4.98 Å². The number of allylic oxidation sites excluding steroid dienone is 3. The molecule has 1 aromatic heterocycles. The molecule has 0 N–H and O–H groups in total. The Morgan fingerprint density at radius 1 is 0.926 bits per heavy atom. The number of hydrogen-bond acceptors (Lipinski definition) is 1. The van der Waals surface area contributed by atoms with Crippen LogP contribution in [0.1, 0.15) is 41.7 Å². The molecule has 0 atom stereocenters. The van der Waals surface area contributed by atoms with E-state index in [-0.39, 0.29) is 0 Å². The summed E-state index contributed by atoms with van der Waals surface area (Å²) in [6, 6.07) is 14.6. The standard InChI is InChI=1S/C16H20.C10H9N/c1-7-15-12(4)8-9-16(14(15)6)13(5)10-11(2)3;1-8-4-2-5-9-6-3-7-11-10(8)9/h7-10H,1-2H2,3-6H3;2-7H,1H3/b13-10-;. The molecule has 0 bridgehead atoms. The van der Waals surface area contributed by atoms with Gasteiger partial charge in [-0.05, 0) is 74.1 Å². The Labute approximate surface area is 163 Å². The number of aromatic nitrogens is 1. The third-order valence-corrected chi connectivity index (χ3v) is 4.66. The van der Waals surface area contributed by atoms with Crippen LogP contribution in [0.4, 0.5) is 0 Å². The number of nitrogens with zero attached hydrogens (tertiary/aromatic N) is 1. The summed E-state index contributed by atoms with van der Waals surface area (Å²) < 4.78 is 0. The van der Waals surface area contributed by atoms with Gasteiger partial charge in [-0.15, -0.1) is 0 Å². The predicted molar refractivity (Wildman–Crippen MR) is 121 cm³/mol. The second-order valence-corrected chi connectivity index (χ2v) is 7.00. The van der Waals surface area contributed by atoms with E-state index in [9.17, 15) is 0 Å². The molecule has 1 nitrogen and oxygen atoms in total. The van der Waals surface area contributed by atoms with E-state index in [1.165, 1.54) is 38.8 Å². The molecular formula is C26H29N. The molecule has 1 heterocycles. The summed E-state index contributed by atoms with van der Waals surface area (Å²) in [6.45, 7) is 18.3. The van der Waals surface area contributed by atoms with Gasteiger partial charge in [-0.25, -0.2) is 0 Å². The highest BCUT2D eigenvalue weighted by Gasteiger charge is 2.06. The minimum atomic E-state index is 1.08. The monoisotopic (exact) mass is 355 g/mol. The molecule has 0 unspecified atom stereocenters. The van der Waals surface area contributed by atoms with E-state index in [1.54, 1.807) is 0 Å². The van der Waals surface area contributed by atoms with Gasteiger partial charge in [0.1, 0.15) is 0 Å². The molecule has 2 aromatic carbocycles. The van der Waals surface area contributed by atoms with E-state index in [4.69, 9.17) is 0 Å². The van der Waals surface area contributed by atoms with Gasteiger partial charge >= 0.3 is 0 Å². The maximum Gasteiger partial charge on any atom is 0.0731 e. The Morgan fingerprint density at radius 3 is 2.26 bits per heavy atom. The first kappa shape index (κ1) is 20.4. The van der Waals surface area contributed by atoms with E-state index >= 15 is 0 Å². The zero-order chi connectivity index (χ0) is 20.0. The molecule has 0 aliphatic heterocycles. The Kier molecular flexibility index (Phi) is 6.90. The van der Waals surface area contributed by atoms with Gasteiger partial charge in [0.05, 0.1) is 5.52 Å². The van der Waals surface area contributed by atoms with Crippen molar-refractivity contribution in [3.63, 3.8) is 0 Å². The third kappa shape index (κ3) is 5.04. The second-order valence-electron chi connectivity index (χ2n) is 7.00. The number of aryl methyl sites for hydroxylation is 2. The quantitative estimate of drug-likeness (QED) is 0.444. The van der Waals surface area contributed by atoms with Crippen LogP contribution in [0.3, 0.4) is 0 Å². The fraction of sp³-hybridized carbons (Fsp3) is 0.192. The Hall–Kier alpha value is -2.93. The molecule has 0 aliphatic carbocycles. The topological polar surface area (TPSA) is 12.9 Å². The molecular weight excluding hydrogens is 326 g/mol. The maximum absolute atomic E-state index is 4.28. The third-order valence-electron chi connectivity index (χ3n) is 4.66. The molecule has 0 fully saturated rings. The summed E-state index contributed by atoms with van der Waals surface area (Å²) in [7, 11) is 0. The van der Waals surface area contributed by atoms with Crippen LogP contribution in [-0.4, -0.2) is 4.98 Å². The number of hydrogen-bond donors (Lipinski definition) is 0. The van der Waals surface area contributed by atoms with Crippen LogP contribution < -0.4 is 0 Å². The first-order valence-electron chi connectivity index (χ1n) is 9.22. The van der Waals surface area contributed by atoms with Crippen LogP contribution in [-0.2, 0) is 0 Å². The number of benzene rings is 2. The minimum Gasteiger partial charge on any atom is -0.256 e. The highest BCUT2D eigenvalue weighted by Crippen LogP contribution is 2.25. The van der Waals surface area contributed by atoms with Crippen LogP contribution in [0, 0.1) is 20.8 Å². The van der Waals surface area contributed by atoms with Gasteiger partial charge in [-0.2, -0.15) is 0 Å². The van der Waals surface area contributed by atoms with Gasteiger partial charge in [0, 0.05) is 11.6 Å². The molecule has 1 heteroatoms. The predicted octanol–water partition coefficient (Wildman–Crippen LogP) is 7.47. The van der Waals surface area contributed by atoms with Gasteiger partial charge in [-0.3, -0.25) is 4.98 Å². The Balaban J connectivity index is 0.000000206. The summed E-state index contributed by atoms with van der Waals surface area (Å²) in [5, 5.41) is 1.22. The molecule has 0 amide bonds. The Morgan fingerprint density at radius 2 is 1.63 bits per heavy atom. The van der Waals surface area contributed by atoms with E-state index in [0.29, 0.717) is 0 Å². The lowest BCUT2D eigenvalue weighted by Gasteiger charge is -2.12. The van der Waals surface area contributed by atoms with Crippen molar-refractivity contribution in [3.8, 4) is 0 Å². The first-order chi connectivity index (χ1) is 12.8. The summed E-state index contributed by atoms with van der Waals surface area (Å²) in [5.41, 5.74) is 9.78. The van der Waals surface area contributed by atoms with Crippen molar-refractivity contribution < 1.29 is 0 Å². The summed E-state index contributed by atoms with van der Waals surface area (Å²) in [6.07, 6.45) is 5.88. The van der Waals surface area contributed by atoms with Crippen LogP contribution in [0.25, 0.3) is 22.6 Å². The number of rotatable bonds is 3. The normalized spacial score (nSPS) is 10.9. The van der Waals surface area contributed by atoms with Crippen LogP contribution in [0.2, 0.25) is 0 Å². The smallest absolute Gasteiger partial charge is 0.0731 e. The highest BCUT2D eigenvalue weighted by atomic mass is 14.6. The van der Waals surface area contributed by atoms with E-state index < -0.39 is 0 Å². The Bertz CT molecular complexity index is 1000.